The van der Waals surface area contributed by atoms with Crippen LogP contribution >= 0.6 is 0 Å². The minimum absolute atomic E-state index is 0.855. The van der Waals surface area contributed by atoms with E-state index in [0.717, 1.165) is 30.2 Å². The molecule has 1 N–H and O–H groups in total. The van der Waals surface area contributed by atoms with Gasteiger partial charge in [-0.2, -0.15) is 0 Å². The second kappa shape index (κ2) is 3.47. The number of ether oxygens (including phenoxy) is 1. The van der Waals surface area contributed by atoms with Gasteiger partial charge in [0, 0.05) is 6.54 Å². The van der Waals surface area contributed by atoms with Crippen LogP contribution in [0.25, 0.3) is 0 Å². The summed E-state index contributed by atoms with van der Waals surface area (Å²) < 4.78 is 5.24. The fourth-order valence-electron chi connectivity index (χ4n) is 1.42. The smallest absolute Gasteiger partial charge is 0.132 e. The number of aliphatic imine (C=N–C) groups is 1. The molecule has 2 rings (SSSR count). The molecular weight excluding hydrogens is 164 g/mol. The highest BCUT2D eigenvalue weighted by Crippen LogP contribution is 2.18. The van der Waals surface area contributed by atoms with E-state index in [1.54, 1.807) is 7.11 Å². The van der Waals surface area contributed by atoms with Crippen LogP contribution in [0.3, 0.4) is 0 Å². The number of para-hydroxylation sites is 1. The lowest BCUT2D eigenvalue weighted by molar-refractivity contribution is 0.414. The summed E-state index contributed by atoms with van der Waals surface area (Å²) in [4.78, 5) is 4.34. The number of nitrogens with one attached hydrogen (secondary N) is 1. The van der Waals surface area contributed by atoms with Crippen molar-refractivity contribution in [2.45, 2.75) is 0 Å². The lowest BCUT2D eigenvalue weighted by Gasteiger charge is -2.07. The Bertz CT molecular complexity index is 333. The van der Waals surface area contributed by atoms with Gasteiger partial charge in [0.25, 0.3) is 0 Å². The quantitative estimate of drug-likeness (QED) is 0.730. The van der Waals surface area contributed by atoms with Gasteiger partial charge in [-0.1, -0.05) is 12.1 Å². The summed E-state index contributed by atoms with van der Waals surface area (Å²) >= 11 is 0. The summed E-state index contributed by atoms with van der Waals surface area (Å²) in [7, 11) is 1.67. The molecule has 3 heteroatoms. The normalized spacial score (nSPS) is 15.0. The molecule has 1 heterocycles. The van der Waals surface area contributed by atoms with Gasteiger partial charge in [0.15, 0.2) is 0 Å². The average Bonchev–Trinajstić information content (AvgIpc) is 2.70. The van der Waals surface area contributed by atoms with Crippen molar-refractivity contribution in [3.8, 4) is 5.75 Å². The van der Waals surface area contributed by atoms with Crippen molar-refractivity contribution in [1.82, 2.24) is 5.32 Å². The van der Waals surface area contributed by atoms with Crippen molar-refractivity contribution in [2.24, 2.45) is 4.99 Å². The molecule has 0 atom stereocenters. The SMILES string of the molecule is COc1ccccc1C1=NCCN1. The van der Waals surface area contributed by atoms with Crippen LogP contribution in [0.5, 0.6) is 5.75 Å². The lowest BCUT2D eigenvalue weighted by atomic mass is 10.2. The van der Waals surface area contributed by atoms with E-state index >= 15 is 0 Å². The van der Waals surface area contributed by atoms with Crippen LogP contribution in [0.1, 0.15) is 5.56 Å². The maximum absolute atomic E-state index is 5.24. The molecule has 1 aromatic rings. The molecule has 0 aliphatic carbocycles. The minimum atomic E-state index is 0.855. The van der Waals surface area contributed by atoms with E-state index in [2.05, 4.69) is 10.3 Å². The Kier molecular flexibility index (Phi) is 2.17. The highest BCUT2D eigenvalue weighted by Gasteiger charge is 2.11. The third-order valence-corrected chi connectivity index (χ3v) is 2.04. The van der Waals surface area contributed by atoms with Crippen LogP contribution in [-0.2, 0) is 0 Å². The molecule has 0 saturated carbocycles. The number of hydrogen-bond acceptors (Lipinski definition) is 3. The van der Waals surface area contributed by atoms with Crippen molar-refractivity contribution in [3.63, 3.8) is 0 Å². The third-order valence-electron chi connectivity index (χ3n) is 2.04. The Labute approximate surface area is 77.4 Å². The van der Waals surface area contributed by atoms with Crippen LogP contribution in [0.4, 0.5) is 0 Å². The molecule has 0 unspecified atom stereocenters. The number of nitrogens with zero attached hydrogens (tertiary/aromatic N) is 1. The minimum Gasteiger partial charge on any atom is -0.496 e. The summed E-state index contributed by atoms with van der Waals surface area (Å²) in [5.74, 6) is 1.81. The van der Waals surface area contributed by atoms with Crippen molar-refractivity contribution < 1.29 is 4.74 Å². The monoisotopic (exact) mass is 176 g/mol. The van der Waals surface area contributed by atoms with Crippen LogP contribution in [0, 0.1) is 0 Å². The first-order valence-electron chi connectivity index (χ1n) is 4.33. The van der Waals surface area contributed by atoms with E-state index in [0.29, 0.717) is 0 Å². The Morgan fingerprint density at radius 2 is 2.23 bits per heavy atom. The molecule has 0 spiro atoms. The Balaban J connectivity index is 2.38. The van der Waals surface area contributed by atoms with E-state index in [4.69, 9.17) is 4.74 Å². The summed E-state index contributed by atoms with van der Waals surface area (Å²) in [5.41, 5.74) is 1.04. The van der Waals surface area contributed by atoms with Gasteiger partial charge in [-0.05, 0) is 12.1 Å². The molecule has 1 aliphatic rings. The van der Waals surface area contributed by atoms with E-state index in [9.17, 15) is 0 Å². The Morgan fingerprint density at radius 1 is 1.38 bits per heavy atom. The van der Waals surface area contributed by atoms with Gasteiger partial charge in [-0.3, -0.25) is 4.99 Å². The summed E-state index contributed by atoms with van der Waals surface area (Å²) in [5, 5.41) is 3.22. The van der Waals surface area contributed by atoms with Crippen LogP contribution in [0.15, 0.2) is 29.3 Å². The van der Waals surface area contributed by atoms with Crippen molar-refractivity contribution in [2.75, 3.05) is 20.2 Å². The molecule has 1 aliphatic heterocycles. The number of hydrogen-bond donors (Lipinski definition) is 1. The van der Waals surface area contributed by atoms with Gasteiger partial charge in [-0.25, -0.2) is 0 Å². The van der Waals surface area contributed by atoms with Crippen molar-refractivity contribution in [3.05, 3.63) is 29.8 Å². The van der Waals surface area contributed by atoms with E-state index in [-0.39, 0.29) is 0 Å². The van der Waals surface area contributed by atoms with E-state index < -0.39 is 0 Å². The molecule has 13 heavy (non-hydrogen) atoms. The van der Waals surface area contributed by atoms with E-state index in [1.165, 1.54) is 0 Å². The van der Waals surface area contributed by atoms with Crippen LogP contribution in [-0.4, -0.2) is 26.0 Å². The Morgan fingerprint density at radius 3 is 2.92 bits per heavy atom. The van der Waals surface area contributed by atoms with Crippen molar-refractivity contribution in [1.29, 1.82) is 0 Å². The first kappa shape index (κ1) is 8.10. The molecule has 0 saturated heterocycles. The third kappa shape index (κ3) is 1.49. The van der Waals surface area contributed by atoms with Gasteiger partial charge >= 0.3 is 0 Å². The first-order chi connectivity index (χ1) is 6.42. The fourth-order valence-corrected chi connectivity index (χ4v) is 1.42. The number of amidine groups is 1. The fraction of sp³-hybridized carbons (Fsp3) is 0.300. The second-order valence-corrected chi connectivity index (χ2v) is 2.86. The molecule has 1 aromatic carbocycles. The summed E-state index contributed by atoms with van der Waals surface area (Å²) in [6.07, 6.45) is 0. The van der Waals surface area contributed by atoms with Gasteiger partial charge in [-0.15, -0.1) is 0 Å². The topological polar surface area (TPSA) is 33.6 Å². The highest BCUT2D eigenvalue weighted by atomic mass is 16.5. The van der Waals surface area contributed by atoms with Gasteiger partial charge in [0.1, 0.15) is 11.6 Å². The maximum Gasteiger partial charge on any atom is 0.132 e. The van der Waals surface area contributed by atoms with Gasteiger partial charge < -0.3 is 10.1 Å². The van der Waals surface area contributed by atoms with Crippen LogP contribution in [0.2, 0.25) is 0 Å². The zero-order chi connectivity index (χ0) is 9.10. The highest BCUT2D eigenvalue weighted by molar-refractivity contribution is 6.02. The second-order valence-electron chi connectivity index (χ2n) is 2.86. The van der Waals surface area contributed by atoms with Gasteiger partial charge in [0.05, 0.1) is 19.2 Å². The molecule has 0 radical (unpaired) electrons. The summed E-state index contributed by atoms with van der Waals surface area (Å²) in [6.45, 7) is 1.78. The molecular formula is C10H12N2O. The first-order valence-corrected chi connectivity index (χ1v) is 4.33. The predicted molar refractivity (Wildman–Crippen MR) is 52.4 cm³/mol. The average molecular weight is 176 g/mol. The Hall–Kier alpha value is -1.51. The largest absolute Gasteiger partial charge is 0.496 e. The lowest BCUT2D eigenvalue weighted by Crippen LogP contribution is -2.19. The standard InChI is InChI=1S/C10H12N2O/c1-13-9-5-3-2-4-8(9)10-11-6-7-12-10/h2-5H,6-7H2,1H3,(H,11,12). The number of methoxy groups -OCH3 is 1. The number of rotatable bonds is 2. The predicted octanol–water partition coefficient (Wildman–Crippen LogP) is 1.04. The molecule has 68 valence electrons. The molecule has 0 aromatic heterocycles. The molecule has 3 nitrogen and oxygen atoms in total. The molecule has 0 amide bonds. The van der Waals surface area contributed by atoms with Crippen LogP contribution < -0.4 is 10.1 Å². The zero-order valence-electron chi connectivity index (χ0n) is 7.58. The van der Waals surface area contributed by atoms with Gasteiger partial charge in [0.2, 0.25) is 0 Å². The van der Waals surface area contributed by atoms with E-state index in [1.807, 2.05) is 24.3 Å². The zero-order valence-corrected chi connectivity index (χ0v) is 7.58. The molecule has 0 bridgehead atoms. The van der Waals surface area contributed by atoms with Crippen molar-refractivity contribution >= 4 is 5.84 Å². The summed E-state index contributed by atoms with van der Waals surface area (Å²) in [6, 6.07) is 7.89. The number of benzene rings is 1. The molecule has 0 fully saturated rings. The maximum atomic E-state index is 5.24.